The van der Waals surface area contributed by atoms with Crippen LogP contribution in [0.5, 0.6) is 0 Å². The zero-order valence-corrected chi connectivity index (χ0v) is 11.5. The molecule has 1 atom stereocenters. The lowest BCUT2D eigenvalue weighted by atomic mass is 9.84. The zero-order valence-electron chi connectivity index (χ0n) is 11.5. The zero-order chi connectivity index (χ0) is 13.6. The van der Waals surface area contributed by atoms with Crippen molar-refractivity contribution in [1.29, 1.82) is 0 Å². The third-order valence-electron chi connectivity index (χ3n) is 2.44. The number of amides is 1. The van der Waals surface area contributed by atoms with Crippen molar-refractivity contribution in [3.63, 3.8) is 0 Å². The van der Waals surface area contributed by atoms with Gasteiger partial charge in [-0.2, -0.15) is 0 Å². The highest BCUT2D eigenvalue weighted by atomic mass is 16.4. The Hall–Kier alpha value is -1.26. The van der Waals surface area contributed by atoms with Crippen LogP contribution >= 0.6 is 0 Å². The summed E-state index contributed by atoms with van der Waals surface area (Å²) in [7, 11) is 1.66. The molecule has 100 valence electrons. The van der Waals surface area contributed by atoms with Gasteiger partial charge in [0.15, 0.2) is 5.84 Å². The minimum Gasteiger partial charge on any atom is -0.409 e. The molecular weight excluding hydrogens is 218 g/mol. The number of likely N-dealkylation sites (N-methyl/N-ethyl adjacent to an activating group) is 1. The lowest BCUT2D eigenvalue weighted by molar-refractivity contribution is -0.130. The standard InChI is InChI=1S/C12H25N3O2/c1-9(7-12(2,3)4)6-11(16)15(5)8-10(13)14-17/h9,17H,6-8H2,1-5H3,(H2,13,14). The molecule has 5 heteroatoms. The first-order chi connectivity index (χ1) is 7.65. The minimum atomic E-state index is 0.0216. The average Bonchev–Trinajstić information content (AvgIpc) is 2.14. The molecule has 0 heterocycles. The second-order valence-electron chi connectivity index (χ2n) is 5.92. The molecule has 1 amide bonds. The van der Waals surface area contributed by atoms with E-state index in [2.05, 4.69) is 32.9 Å². The molecule has 0 saturated carbocycles. The molecule has 1 unspecified atom stereocenters. The molecule has 0 saturated heterocycles. The van der Waals surface area contributed by atoms with Crippen molar-refractivity contribution in [3.05, 3.63) is 0 Å². The fourth-order valence-electron chi connectivity index (χ4n) is 1.93. The van der Waals surface area contributed by atoms with Gasteiger partial charge in [0.25, 0.3) is 0 Å². The van der Waals surface area contributed by atoms with E-state index in [0.29, 0.717) is 12.3 Å². The van der Waals surface area contributed by atoms with Crippen LogP contribution in [0.2, 0.25) is 0 Å². The minimum absolute atomic E-state index is 0.0216. The molecule has 3 N–H and O–H groups in total. The molecule has 0 aliphatic carbocycles. The Kier molecular flexibility index (Phi) is 5.99. The van der Waals surface area contributed by atoms with E-state index in [9.17, 15) is 4.79 Å². The number of oxime groups is 1. The van der Waals surface area contributed by atoms with Crippen LogP contribution in [0.4, 0.5) is 0 Å². The Morgan fingerprint density at radius 2 is 2.00 bits per heavy atom. The number of amidine groups is 1. The normalized spacial score (nSPS) is 14.5. The van der Waals surface area contributed by atoms with Gasteiger partial charge in [-0.05, 0) is 17.8 Å². The molecule has 0 aromatic rings. The molecule has 0 aliphatic heterocycles. The van der Waals surface area contributed by atoms with Gasteiger partial charge in [-0.25, -0.2) is 0 Å². The Bertz CT molecular complexity index is 282. The van der Waals surface area contributed by atoms with Gasteiger partial charge in [-0.3, -0.25) is 4.79 Å². The van der Waals surface area contributed by atoms with Crippen molar-refractivity contribution in [1.82, 2.24) is 4.90 Å². The third-order valence-corrected chi connectivity index (χ3v) is 2.44. The molecular formula is C12H25N3O2. The summed E-state index contributed by atoms with van der Waals surface area (Å²) in [5.41, 5.74) is 5.58. The monoisotopic (exact) mass is 243 g/mol. The van der Waals surface area contributed by atoms with Crippen LogP contribution in [-0.4, -0.2) is 35.4 Å². The van der Waals surface area contributed by atoms with Crippen molar-refractivity contribution in [2.45, 2.75) is 40.5 Å². The highest BCUT2D eigenvalue weighted by Gasteiger charge is 2.19. The van der Waals surface area contributed by atoms with Crippen LogP contribution in [0.1, 0.15) is 40.5 Å². The molecule has 0 radical (unpaired) electrons. The fraction of sp³-hybridized carbons (Fsp3) is 0.833. The first-order valence-corrected chi connectivity index (χ1v) is 5.86. The van der Waals surface area contributed by atoms with Crippen molar-refractivity contribution in [3.8, 4) is 0 Å². The van der Waals surface area contributed by atoms with E-state index >= 15 is 0 Å². The maximum absolute atomic E-state index is 11.8. The van der Waals surface area contributed by atoms with E-state index in [4.69, 9.17) is 10.9 Å². The molecule has 0 rings (SSSR count). The summed E-state index contributed by atoms with van der Waals surface area (Å²) in [6.07, 6.45) is 1.49. The van der Waals surface area contributed by atoms with E-state index in [-0.39, 0.29) is 23.7 Å². The largest absolute Gasteiger partial charge is 0.409 e. The van der Waals surface area contributed by atoms with Gasteiger partial charge in [-0.1, -0.05) is 32.9 Å². The Morgan fingerprint density at radius 1 is 1.47 bits per heavy atom. The summed E-state index contributed by atoms with van der Waals surface area (Å²) in [6.45, 7) is 8.72. The Balaban J connectivity index is 4.17. The predicted molar refractivity (Wildman–Crippen MR) is 68.9 cm³/mol. The predicted octanol–water partition coefficient (Wildman–Crippen LogP) is 1.65. The second kappa shape index (κ2) is 6.47. The average molecular weight is 243 g/mol. The van der Waals surface area contributed by atoms with E-state index in [1.165, 1.54) is 4.90 Å². The van der Waals surface area contributed by atoms with Crippen molar-refractivity contribution < 1.29 is 10.0 Å². The molecule has 0 aromatic heterocycles. The molecule has 17 heavy (non-hydrogen) atoms. The second-order valence-corrected chi connectivity index (χ2v) is 5.92. The molecule has 0 spiro atoms. The SMILES string of the molecule is CC(CC(=O)N(C)CC(N)=NO)CC(C)(C)C. The molecule has 0 fully saturated rings. The Labute approximate surface area is 104 Å². The lowest BCUT2D eigenvalue weighted by Gasteiger charge is -2.24. The highest BCUT2D eigenvalue weighted by molar-refractivity contribution is 5.86. The van der Waals surface area contributed by atoms with Gasteiger partial charge < -0.3 is 15.8 Å². The Morgan fingerprint density at radius 3 is 2.41 bits per heavy atom. The quantitative estimate of drug-likeness (QED) is 0.333. The van der Waals surface area contributed by atoms with Gasteiger partial charge in [0, 0.05) is 13.5 Å². The van der Waals surface area contributed by atoms with Gasteiger partial charge in [0.2, 0.25) is 5.91 Å². The van der Waals surface area contributed by atoms with E-state index in [1.54, 1.807) is 7.05 Å². The smallest absolute Gasteiger partial charge is 0.222 e. The molecule has 5 nitrogen and oxygen atoms in total. The van der Waals surface area contributed by atoms with Gasteiger partial charge >= 0.3 is 0 Å². The first-order valence-electron chi connectivity index (χ1n) is 5.86. The summed E-state index contributed by atoms with van der Waals surface area (Å²) >= 11 is 0. The number of carbonyl (C=O) groups excluding carboxylic acids is 1. The first kappa shape index (κ1) is 15.7. The number of nitrogens with zero attached hydrogens (tertiary/aromatic N) is 2. The van der Waals surface area contributed by atoms with E-state index < -0.39 is 0 Å². The maximum atomic E-state index is 11.8. The van der Waals surface area contributed by atoms with Crippen LogP contribution in [0.15, 0.2) is 5.16 Å². The summed E-state index contributed by atoms with van der Waals surface area (Å²) in [4.78, 5) is 13.3. The van der Waals surface area contributed by atoms with E-state index in [0.717, 1.165) is 6.42 Å². The van der Waals surface area contributed by atoms with Gasteiger partial charge in [0.1, 0.15) is 0 Å². The summed E-state index contributed by atoms with van der Waals surface area (Å²) in [6, 6.07) is 0. The highest BCUT2D eigenvalue weighted by Crippen LogP contribution is 2.26. The van der Waals surface area contributed by atoms with Gasteiger partial charge in [-0.15, -0.1) is 0 Å². The molecule has 0 aromatic carbocycles. The third kappa shape index (κ3) is 7.60. The van der Waals surface area contributed by atoms with Crippen LogP contribution in [0, 0.1) is 11.3 Å². The topological polar surface area (TPSA) is 78.9 Å². The molecule has 0 aliphatic rings. The van der Waals surface area contributed by atoms with Crippen LogP contribution < -0.4 is 5.73 Å². The van der Waals surface area contributed by atoms with Crippen molar-refractivity contribution in [2.75, 3.05) is 13.6 Å². The van der Waals surface area contributed by atoms with Crippen LogP contribution in [0.25, 0.3) is 0 Å². The number of rotatable bonds is 5. The fourth-order valence-corrected chi connectivity index (χ4v) is 1.93. The van der Waals surface area contributed by atoms with Crippen molar-refractivity contribution in [2.24, 2.45) is 22.2 Å². The maximum Gasteiger partial charge on any atom is 0.222 e. The summed E-state index contributed by atoms with van der Waals surface area (Å²) < 4.78 is 0. The van der Waals surface area contributed by atoms with Crippen LogP contribution in [-0.2, 0) is 4.79 Å². The lowest BCUT2D eigenvalue weighted by Crippen LogP contribution is -2.36. The summed E-state index contributed by atoms with van der Waals surface area (Å²) in [5.74, 6) is 0.398. The molecule has 0 bridgehead atoms. The van der Waals surface area contributed by atoms with E-state index in [1.807, 2.05) is 0 Å². The van der Waals surface area contributed by atoms with Crippen LogP contribution in [0.3, 0.4) is 0 Å². The number of nitrogens with two attached hydrogens (primary N) is 1. The van der Waals surface area contributed by atoms with Crippen molar-refractivity contribution >= 4 is 11.7 Å². The number of hydrogen-bond donors (Lipinski definition) is 2. The summed E-state index contributed by atoms with van der Waals surface area (Å²) in [5, 5.41) is 11.3. The van der Waals surface area contributed by atoms with Gasteiger partial charge in [0.05, 0.1) is 6.54 Å². The number of hydrogen-bond acceptors (Lipinski definition) is 3. The number of carbonyl (C=O) groups is 1.